The lowest BCUT2D eigenvalue weighted by atomic mass is 10.0. The molecule has 2 N–H and O–H groups in total. The van der Waals surface area contributed by atoms with Gasteiger partial charge in [-0.15, -0.1) is 0 Å². The summed E-state index contributed by atoms with van der Waals surface area (Å²) >= 11 is 0. The Balaban J connectivity index is 1.47. The summed E-state index contributed by atoms with van der Waals surface area (Å²) in [5, 5.41) is 5.84. The van der Waals surface area contributed by atoms with Crippen molar-refractivity contribution in [2.45, 2.75) is 6.92 Å². The lowest BCUT2D eigenvalue weighted by molar-refractivity contribution is 0.101. The van der Waals surface area contributed by atoms with E-state index in [0.717, 1.165) is 5.56 Å². The Labute approximate surface area is 206 Å². The molecule has 0 aliphatic heterocycles. The van der Waals surface area contributed by atoms with Gasteiger partial charge in [-0.05, 0) is 49.4 Å². The zero-order valence-corrected chi connectivity index (χ0v) is 19.3. The minimum atomic E-state index is -0.464. The summed E-state index contributed by atoms with van der Waals surface area (Å²) in [6, 6.07) is 25.9. The SMILES string of the molecule is Cc1c(-c2ccccc2)oc2c(C(=O)Nc3cccc(C(=O)Nc4ccccn4)c3)cccc2c1=O. The number of hydrogen-bond donors (Lipinski definition) is 2. The van der Waals surface area contributed by atoms with Gasteiger partial charge in [-0.3, -0.25) is 14.4 Å². The van der Waals surface area contributed by atoms with E-state index in [1.54, 1.807) is 73.8 Å². The summed E-state index contributed by atoms with van der Waals surface area (Å²) in [6.07, 6.45) is 1.58. The second kappa shape index (κ2) is 9.68. The molecular formula is C29H21N3O4. The van der Waals surface area contributed by atoms with E-state index in [9.17, 15) is 14.4 Å². The molecule has 36 heavy (non-hydrogen) atoms. The molecule has 2 heterocycles. The van der Waals surface area contributed by atoms with Gasteiger partial charge in [0.2, 0.25) is 0 Å². The van der Waals surface area contributed by atoms with Crippen LogP contribution in [0, 0.1) is 6.92 Å². The first-order valence-corrected chi connectivity index (χ1v) is 11.3. The molecule has 0 saturated carbocycles. The van der Waals surface area contributed by atoms with Crippen LogP contribution in [0.2, 0.25) is 0 Å². The van der Waals surface area contributed by atoms with Crippen LogP contribution in [-0.4, -0.2) is 16.8 Å². The van der Waals surface area contributed by atoms with Gasteiger partial charge >= 0.3 is 0 Å². The first kappa shape index (κ1) is 22.7. The third-order valence-corrected chi connectivity index (χ3v) is 5.71. The number of anilines is 2. The maximum absolute atomic E-state index is 13.3. The predicted molar refractivity (Wildman–Crippen MR) is 139 cm³/mol. The summed E-state index contributed by atoms with van der Waals surface area (Å²) in [4.78, 5) is 43.1. The van der Waals surface area contributed by atoms with E-state index in [0.29, 0.717) is 33.8 Å². The number of carbonyl (C=O) groups is 2. The number of fused-ring (bicyclic) bond motifs is 1. The molecule has 5 aromatic rings. The van der Waals surface area contributed by atoms with Crippen LogP contribution in [0.15, 0.2) is 106 Å². The molecule has 2 aromatic heterocycles. The molecule has 2 amide bonds. The van der Waals surface area contributed by atoms with Gasteiger partial charge in [0.05, 0.1) is 10.9 Å². The van der Waals surface area contributed by atoms with Crippen molar-refractivity contribution in [2.75, 3.05) is 10.6 Å². The van der Waals surface area contributed by atoms with Crippen LogP contribution >= 0.6 is 0 Å². The number of hydrogen-bond acceptors (Lipinski definition) is 5. The molecule has 0 radical (unpaired) electrons. The molecule has 0 atom stereocenters. The third kappa shape index (κ3) is 4.50. The standard InChI is InChI=1S/C29H21N3O4/c1-18-25(33)22-13-8-14-23(27(22)36-26(18)19-9-3-2-4-10-19)29(35)31-21-12-7-11-20(17-21)28(34)32-24-15-5-6-16-30-24/h2-17H,1H3,(H,31,35)(H,30,32,34). The Bertz CT molecular complexity index is 1640. The summed E-state index contributed by atoms with van der Waals surface area (Å²) in [6.45, 7) is 1.71. The van der Waals surface area contributed by atoms with Gasteiger partial charge in [0.15, 0.2) is 11.0 Å². The number of aromatic nitrogens is 1. The van der Waals surface area contributed by atoms with Gasteiger partial charge < -0.3 is 15.1 Å². The molecule has 3 aromatic carbocycles. The molecule has 0 fully saturated rings. The number of rotatable bonds is 5. The summed E-state index contributed by atoms with van der Waals surface area (Å²) in [7, 11) is 0. The molecule has 7 heteroatoms. The molecule has 0 bridgehead atoms. The molecule has 0 unspecified atom stereocenters. The highest BCUT2D eigenvalue weighted by atomic mass is 16.3. The Hall–Kier alpha value is -5.04. The Morgan fingerprint density at radius 2 is 1.58 bits per heavy atom. The van der Waals surface area contributed by atoms with Crippen molar-refractivity contribution in [1.29, 1.82) is 0 Å². The summed E-state index contributed by atoms with van der Waals surface area (Å²) < 4.78 is 6.15. The maximum atomic E-state index is 13.3. The van der Waals surface area contributed by atoms with Gasteiger partial charge in [-0.25, -0.2) is 4.98 Å². The Morgan fingerprint density at radius 1 is 0.806 bits per heavy atom. The highest BCUT2D eigenvalue weighted by Crippen LogP contribution is 2.27. The second-order valence-corrected chi connectivity index (χ2v) is 8.14. The van der Waals surface area contributed by atoms with Crippen molar-refractivity contribution in [2.24, 2.45) is 0 Å². The average molecular weight is 476 g/mol. The number of carbonyl (C=O) groups excluding carboxylic acids is 2. The quantitative estimate of drug-likeness (QED) is 0.341. The maximum Gasteiger partial charge on any atom is 0.259 e. The van der Waals surface area contributed by atoms with E-state index in [1.165, 1.54) is 0 Å². The molecule has 0 aliphatic carbocycles. The minimum Gasteiger partial charge on any atom is -0.455 e. The van der Waals surface area contributed by atoms with Crippen LogP contribution in [0.1, 0.15) is 26.3 Å². The zero-order valence-electron chi connectivity index (χ0n) is 19.3. The third-order valence-electron chi connectivity index (χ3n) is 5.71. The van der Waals surface area contributed by atoms with Crippen molar-refractivity contribution >= 4 is 34.3 Å². The normalized spacial score (nSPS) is 10.7. The van der Waals surface area contributed by atoms with Gasteiger partial charge in [-0.2, -0.15) is 0 Å². The fraction of sp³-hybridized carbons (Fsp3) is 0.0345. The van der Waals surface area contributed by atoms with Crippen LogP contribution in [0.5, 0.6) is 0 Å². The first-order chi connectivity index (χ1) is 17.5. The number of nitrogens with one attached hydrogen (secondary N) is 2. The molecule has 176 valence electrons. The van der Waals surface area contributed by atoms with E-state index < -0.39 is 5.91 Å². The van der Waals surface area contributed by atoms with Gasteiger partial charge in [-0.1, -0.05) is 48.5 Å². The average Bonchev–Trinajstić information content (AvgIpc) is 2.91. The Kier molecular flexibility index (Phi) is 6.11. The molecule has 7 nitrogen and oxygen atoms in total. The Morgan fingerprint density at radius 3 is 2.36 bits per heavy atom. The van der Waals surface area contributed by atoms with Crippen molar-refractivity contribution in [3.05, 3.63) is 124 Å². The number of pyridine rings is 1. The minimum absolute atomic E-state index is 0.196. The van der Waals surface area contributed by atoms with E-state index in [1.807, 2.05) is 30.3 Å². The van der Waals surface area contributed by atoms with Crippen molar-refractivity contribution in [3.8, 4) is 11.3 Å². The molecular weight excluding hydrogens is 454 g/mol. The monoisotopic (exact) mass is 475 g/mol. The van der Waals surface area contributed by atoms with Crippen LogP contribution in [0.3, 0.4) is 0 Å². The van der Waals surface area contributed by atoms with E-state index >= 15 is 0 Å². The lowest BCUT2D eigenvalue weighted by Crippen LogP contribution is -2.16. The molecule has 0 saturated heterocycles. The number of para-hydroxylation sites is 1. The summed E-state index contributed by atoms with van der Waals surface area (Å²) in [5.41, 5.74) is 2.21. The summed E-state index contributed by atoms with van der Waals surface area (Å²) in [5.74, 6) is 0.0200. The van der Waals surface area contributed by atoms with E-state index in [-0.39, 0.29) is 22.5 Å². The van der Waals surface area contributed by atoms with Crippen LogP contribution in [-0.2, 0) is 0 Å². The van der Waals surface area contributed by atoms with Gasteiger partial charge in [0.1, 0.15) is 11.6 Å². The van der Waals surface area contributed by atoms with Crippen LogP contribution in [0.4, 0.5) is 11.5 Å². The smallest absolute Gasteiger partial charge is 0.259 e. The molecule has 0 spiro atoms. The topological polar surface area (TPSA) is 101 Å². The highest BCUT2D eigenvalue weighted by Gasteiger charge is 2.19. The largest absolute Gasteiger partial charge is 0.455 e. The van der Waals surface area contributed by atoms with E-state index in [2.05, 4.69) is 15.6 Å². The van der Waals surface area contributed by atoms with Crippen LogP contribution < -0.4 is 16.1 Å². The van der Waals surface area contributed by atoms with Crippen molar-refractivity contribution in [3.63, 3.8) is 0 Å². The number of benzene rings is 3. The molecule has 0 aliphatic rings. The lowest BCUT2D eigenvalue weighted by Gasteiger charge is -2.11. The number of nitrogens with zero attached hydrogens (tertiary/aromatic N) is 1. The van der Waals surface area contributed by atoms with Crippen molar-refractivity contribution < 1.29 is 14.0 Å². The van der Waals surface area contributed by atoms with Crippen molar-refractivity contribution in [1.82, 2.24) is 4.98 Å². The highest BCUT2D eigenvalue weighted by molar-refractivity contribution is 6.12. The first-order valence-electron chi connectivity index (χ1n) is 11.3. The fourth-order valence-electron chi connectivity index (χ4n) is 3.92. The predicted octanol–water partition coefficient (Wildman–Crippen LogP) is 5.67. The fourth-order valence-corrected chi connectivity index (χ4v) is 3.92. The second-order valence-electron chi connectivity index (χ2n) is 8.14. The van der Waals surface area contributed by atoms with Crippen LogP contribution in [0.25, 0.3) is 22.3 Å². The van der Waals surface area contributed by atoms with Gasteiger partial charge in [0, 0.05) is 28.6 Å². The molecule has 5 rings (SSSR count). The zero-order chi connectivity index (χ0) is 25.1. The van der Waals surface area contributed by atoms with Gasteiger partial charge in [0.25, 0.3) is 11.8 Å². The number of amides is 2. The van der Waals surface area contributed by atoms with E-state index in [4.69, 9.17) is 4.42 Å².